The standard InChI is InChI=1S/C9H9ClFNO/c1-6(11)9(13)12-8-4-2-3-7(10)5-8/h2-6H,1H3,(H,12,13). The van der Waals surface area contributed by atoms with Crippen LogP contribution in [0.25, 0.3) is 0 Å². The molecule has 0 fully saturated rings. The van der Waals surface area contributed by atoms with E-state index in [1.807, 2.05) is 0 Å². The molecule has 0 aliphatic carbocycles. The quantitative estimate of drug-likeness (QED) is 0.783. The van der Waals surface area contributed by atoms with Crippen LogP contribution in [0.15, 0.2) is 24.3 Å². The van der Waals surface area contributed by atoms with E-state index < -0.39 is 12.1 Å². The first-order valence-electron chi connectivity index (χ1n) is 3.80. The molecule has 0 aliphatic heterocycles. The van der Waals surface area contributed by atoms with Gasteiger partial charge < -0.3 is 5.32 Å². The van der Waals surface area contributed by atoms with Crippen molar-refractivity contribution in [2.45, 2.75) is 13.1 Å². The third-order valence-corrected chi connectivity index (χ3v) is 1.69. The molecule has 1 atom stereocenters. The first-order valence-corrected chi connectivity index (χ1v) is 4.18. The zero-order valence-electron chi connectivity index (χ0n) is 7.05. The fourth-order valence-corrected chi connectivity index (χ4v) is 0.998. The van der Waals surface area contributed by atoms with Crippen molar-refractivity contribution in [2.75, 3.05) is 5.32 Å². The van der Waals surface area contributed by atoms with Crippen LogP contribution in [-0.4, -0.2) is 12.1 Å². The summed E-state index contributed by atoms with van der Waals surface area (Å²) >= 11 is 5.66. The molecule has 4 heteroatoms. The number of nitrogens with one attached hydrogen (secondary N) is 1. The fraction of sp³-hybridized carbons (Fsp3) is 0.222. The molecule has 0 heterocycles. The van der Waals surface area contributed by atoms with Gasteiger partial charge in [0.05, 0.1) is 0 Å². The van der Waals surface area contributed by atoms with E-state index in [0.29, 0.717) is 10.7 Å². The van der Waals surface area contributed by atoms with Crippen LogP contribution in [0.2, 0.25) is 5.02 Å². The summed E-state index contributed by atoms with van der Waals surface area (Å²) < 4.78 is 12.4. The Balaban J connectivity index is 2.69. The van der Waals surface area contributed by atoms with Gasteiger partial charge in [-0.25, -0.2) is 4.39 Å². The van der Waals surface area contributed by atoms with E-state index in [2.05, 4.69) is 5.32 Å². The minimum atomic E-state index is -1.51. The molecular weight excluding hydrogens is 193 g/mol. The topological polar surface area (TPSA) is 29.1 Å². The lowest BCUT2D eigenvalue weighted by Crippen LogP contribution is -2.20. The Morgan fingerprint density at radius 3 is 2.85 bits per heavy atom. The molecule has 1 aromatic carbocycles. The molecule has 1 aromatic rings. The molecule has 1 unspecified atom stereocenters. The summed E-state index contributed by atoms with van der Waals surface area (Å²) in [7, 11) is 0. The van der Waals surface area contributed by atoms with Crippen molar-refractivity contribution in [1.29, 1.82) is 0 Å². The molecule has 70 valence electrons. The van der Waals surface area contributed by atoms with E-state index in [4.69, 9.17) is 11.6 Å². The van der Waals surface area contributed by atoms with Gasteiger partial charge in [-0.05, 0) is 25.1 Å². The van der Waals surface area contributed by atoms with Crippen LogP contribution in [0.1, 0.15) is 6.92 Å². The van der Waals surface area contributed by atoms with Gasteiger partial charge in [0.25, 0.3) is 5.91 Å². The second-order valence-corrected chi connectivity index (χ2v) is 3.05. The van der Waals surface area contributed by atoms with Crippen LogP contribution in [-0.2, 0) is 4.79 Å². The van der Waals surface area contributed by atoms with Crippen molar-refractivity contribution in [1.82, 2.24) is 0 Å². The molecular formula is C9H9ClFNO. The summed E-state index contributed by atoms with van der Waals surface area (Å²) in [6, 6.07) is 6.56. The first-order chi connectivity index (χ1) is 6.09. The van der Waals surface area contributed by atoms with Crippen molar-refractivity contribution in [3.05, 3.63) is 29.3 Å². The number of rotatable bonds is 2. The van der Waals surface area contributed by atoms with E-state index in [1.54, 1.807) is 24.3 Å². The molecule has 13 heavy (non-hydrogen) atoms. The predicted molar refractivity (Wildman–Crippen MR) is 50.7 cm³/mol. The number of anilines is 1. The Morgan fingerprint density at radius 1 is 1.62 bits per heavy atom. The summed E-state index contributed by atoms with van der Waals surface area (Å²) in [5.41, 5.74) is 0.502. The highest BCUT2D eigenvalue weighted by atomic mass is 35.5. The second-order valence-electron chi connectivity index (χ2n) is 2.62. The summed E-state index contributed by atoms with van der Waals surface area (Å²) in [4.78, 5) is 10.9. The normalized spacial score (nSPS) is 12.2. The van der Waals surface area contributed by atoms with Crippen LogP contribution in [0.4, 0.5) is 10.1 Å². The Labute approximate surface area is 80.7 Å². The highest BCUT2D eigenvalue weighted by molar-refractivity contribution is 6.30. The molecule has 1 amide bonds. The van der Waals surface area contributed by atoms with Gasteiger partial charge in [0.1, 0.15) is 0 Å². The number of benzene rings is 1. The van der Waals surface area contributed by atoms with E-state index in [1.165, 1.54) is 6.92 Å². The lowest BCUT2D eigenvalue weighted by molar-refractivity contribution is -0.120. The van der Waals surface area contributed by atoms with Crippen molar-refractivity contribution < 1.29 is 9.18 Å². The SMILES string of the molecule is CC(F)C(=O)Nc1cccc(Cl)c1. The maximum Gasteiger partial charge on any atom is 0.258 e. The maximum absolute atomic E-state index is 12.4. The zero-order valence-corrected chi connectivity index (χ0v) is 7.81. The Morgan fingerprint density at radius 2 is 2.31 bits per heavy atom. The van der Waals surface area contributed by atoms with E-state index in [-0.39, 0.29) is 0 Å². The van der Waals surface area contributed by atoms with Gasteiger partial charge in [0.2, 0.25) is 0 Å². The van der Waals surface area contributed by atoms with Crippen LogP contribution in [0.3, 0.4) is 0 Å². The van der Waals surface area contributed by atoms with E-state index in [9.17, 15) is 9.18 Å². The van der Waals surface area contributed by atoms with Crippen LogP contribution >= 0.6 is 11.6 Å². The summed E-state index contributed by atoms with van der Waals surface area (Å²) in [5.74, 6) is -0.665. The molecule has 0 saturated heterocycles. The van der Waals surface area contributed by atoms with Gasteiger partial charge in [0.15, 0.2) is 6.17 Å². The molecule has 0 bridgehead atoms. The molecule has 0 saturated carbocycles. The van der Waals surface area contributed by atoms with Crippen LogP contribution in [0, 0.1) is 0 Å². The number of hydrogen-bond donors (Lipinski definition) is 1. The molecule has 0 radical (unpaired) electrons. The van der Waals surface area contributed by atoms with Crippen molar-refractivity contribution >= 4 is 23.2 Å². The molecule has 0 aliphatic rings. The summed E-state index contributed by atoms with van der Waals surface area (Å²) in [5, 5.41) is 2.89. The largest absolute Gasteiger partial charge is 0.324 e. The number of hydrogen-bond acceptors (Lipinski definition) is 1. The first kappa shape index (κ1) is 9.99. The fourth-order valence-electron chi connectivity index (χ4n) is 0.808. The summed E-state index contributed by atoms with van der Waals surface area (Å²) in [6.07, 6.45) is -1.51. The highest BCUT2D eigenvalue weighted by Gasteiger charge is 2.10. The van der Waals surface area contributed by atoms with Crippen LogP contribution in [0.5, 0.6) is 0 Å². The number of alkyl halides is 1. The second kappa shape index (κ2) is 4.23. The Bertz CT molecular complexity index is 314. The average molecular weight is 202 g/mol. The molecule has 2 nitrogen and oxygen atoms in total. The number of halogens is 2. The van der Waals surface area contributed by atoms with Gasteiger partial charge in [-0.2, -0.15) is 0 Å². The minimum absolute atomic E-state index is 0.502. The molecule has 1 N–H and O–H groups in total. The van der Waals surface area contributed by atoms with Gasteiger partial charge in [-0.15, -0.1) is 0 Å². The van der Waals surface area contributed by atoms with Crippen molar-refractivity contribution in [2.24, 2.45) is 0 Å². The highest BCUT2D eigenvalue weighted by Crippen LogP contribution is 2.15. The van der Waals surface area contributed by atoms with Gasteiger partial charge in [-0.3, -0.25) is 4.79 Å². The lowest BCUT2D eigenvalue weighted by atomic mass is 10.3. The maximum atomic E-state index is 12.4. The number of carbonyl (C=O) groups excluding carboxylic acids is 1. The molecule has 0 aromatic heterocycles. The van der Waals surface area contributed by atoms with E-state index >= 15 is 0 Å². The molecule has 1 rings (SSSR count). The monoisotopic (exact) mass is 201 g/mol. The smallest absolute Gasteiger partial charge is 0.258 e. The predicted octanol–water partition coefficient (Wildman–Crippen LogP) is 2.64. The Kier molecular flexibility index (Phi) is 3.25. The summed E-state index contributed by atoms with van der Waals surface area (Å²) in [6.45, 7) is 1.18. The third kappa shape index (κ3) is 3.03. The van der Waals surface area contributed by atoms with Gasteiger partial charge >= 0.3 is 0 Å². The van der Waals surface area contributed by atoms with E-state index in [0.717, 1.165) is 0 Å². The Hall–Kier alpha value is -1.09. The number of carbonyl (C=O) groups is 1. The molecule has 0 spiro atoms. The van der Waals surface area contributed by atoms with Crippen LogP contribution < -0.4 is 5.32 Å². The zero-order chi connectivity index (χ0) is 9.84. The lowest BCUT2D eigenvalue weighted by Gasteiger charge is -2.05. The average Bonchev–Trinajstić information content (AvgIpc) is 2.04. The number of amides is 1. The van der Waals surface area contributed by atoms with Gasteiger partial charge in [-0.1, -0.05) is 17.7 Å². The minimum Gasteiger partial charge on any atom is -0.324 e. The van der Waals surface area contributed by atoms with Crippen molar-refractivity contribution in [3.8, 4) is 0 Å². The van der Waals surface area contributed by atoms with Gasteiger partial charge in [0, 0.05) is 10.7 Å². The van der Waals surface area contributed by atoms with Crippen molar-refractivity contribution in [3.63, 3.8) is 0 Å². The third-order valence-electron chi connectivity index (χ3n) is 1.45.